The molecule has 1 aromatic carbocycles. The molecule has 1 rings (SSSR count). The monoisotopic (exact) mass is 264 g/mol. The van der Waals surface area contributed by atoms with Crippen LogP contribution in [0.25, 0.3) is 0 Å². The number of hydrogen-bond donors (Lipinski definition) is 0. The molecule has 0 bridgehead atoms. The zero-order chi connectivity index (χ0) is 14.4. The van der Waals surface area contributed by atoms with Gasteiger partial charge in [-0.05, 0) is 30.4 Å². The minimum Gasteiger partial charge on any atom is -0.296 e. The molecule has 1 atom stereocenters. The van der Waals surface area contributed by atoms with Gasteiger partial charge < -0.3 is 0 Å². The Balaban J connectivity index is 3.09. The predicted molar refractivity (Wildman–Crippen MR) is 74.3 cm³/mol. The van der Waals surface area contributed by atoms with E-state index in [0.29, 0.717) is 18.4 Å². The predicted octanol–water partition coefficient (Wildman–Crippen LogP) is 3.70. The Morgan fingerprint density at radius 2 is 1.84 bits per heavy atom. The van der Waals surface area contributed by atoms with E-state index in [1.165, 1.54) is 0 Å². The number of aryl methyl sites for hydroxylation is 1. The van der Waals surface area contributed by atoms with E-state index in [0.717, 1.165) is 17.5 Å². The van der Waals surface area contributed by atoms with Crippen molar-refractivity contribution in [1.82, 2.24) is 0 Å². The highest BCUT2D eigenvalue weighted by Gasteiger charge is 2.27. The summed E-state index contributed by atoms with van der Waals surface area (Å²) in [5, 5.41) is 0. The Labute approximate surface area is 114 Å². The van der Waals surface area contributed by atoms with Crippen molar-refractivity contribution >= 4 is 11.6 Å². The number of alkyl halides is 1. The molecule has 0 saturated carbocycles. The van der Waals surface area contributed by atoms with Crippen molar-refractivity contribution in [3.63, 3.8) is 0 Å². The first-order valence-corrected chi connectivity index (χ1v) is 6.88. The van der Waals surface area contributed by atoms with Crippen LogP contribution < -0.4 is 0 Å². The highest BCUT2D eigenvalue weighted by atomic mass is 19.1. The molecule has 0 aromatic heterocycles. The molecule has 0 heterocycles. The zero-order valence-electron chi connectivity index (χ0n) is 11.8. The zero-order valence-corrected chi connectivity index (χ0v) is 11.8. The molecule has 0 amide bonds. The van der Waals surface area contributed by atoms with E-state index in [1.807, 2.05) is 19.9 Å². The minimum atomic E-state index is -2.02. The third-order valence-corrected chi connectivity index (χ3v) is 3.28. The van der Waals surface area contributed by atoms with E-state index in [9.17, 15) is 14.0 Å². The molecule has 19 heavy (non-hydrogen) atoms. The molecule has 0 N–H and O–H groups in total. The molecular formula is C16H21FO2. The third-order valence-electron chi connectivity index (χ3n) is 3.28. The lowest BCUT2D eigenvalue weighted by atomic mass is 9.92. The maximum absolute atomic E-state index is 13.9. The average Bonchev–Trinajstić information content (AvgIpc) is 2.44. The molecule has 2 nitrogen and oxygen atoms in total. The summed E-state index contributed by atoms with van der Waals surface area (Å²) in [5.74, 6) is -1.30. The Bertz CT molecular complexity index is 466. The fraction of sp³-hybridized carbons (Fsp3) is 0.500. The molecule has 3 heteroatoms. The summed E-state index contributed by atoms with van der Waals surface area (Å²) in [5.41, 5.74) is 2.27. The SMILES string of the molecule is CCCC(=O)C(F)C(=O)c1cccc(CC)c1CC. The van der Waals surface area contributed by atoms with Gasteiger partial charge in [0.1, 0.15) is 0 Å². The normalized spacial score (nSPS) is 12.2. The van der Waals surface area contributed by atoms with Crippen LogP contribution >= 0.6 is 0 Å². The molecule has 0 spiro atoms. The van der Waals surface area contributed by atoms with Gasteiger partial charge >= 0.3 is 0 Å². The average molecular weight is 264 g/mol. The summed E-state index contributed by atoms with van der Waals surface area (Å²) >= 11 is 0. The maximum Gasteiger partial charge on any atom is 0.220 e. The van der Waals surface area contributed by atoms with E-state index in [1.54, 1.807) is 19.1 Å². The van der Waals surface area contributed by atoms with Gasteiger partial charge in [-0.2, -0.15) is 0 Å². The first-order chi connectivity index (χ1) is 9.06. The van der Waals surface area contributed by atoms with Crippen LogP contribution in [-0.4, -0.2) is 17.7 Å². The van der Waals surface area contributed by atoms with Gasteiger partial charge in [0.2, 0.25) is 12.0 Å². The topological polar surface area (TPSA) is 34.1 Å². The van der Waals surface area contributed by atoms with Crippen LogP contribution in [0.3, 0.4) is 0 Å². The van der Waals surface area contributed by atoms with Gasteiger partial charge in [0, 0.05) is 12.0 Å². The molecule has 0 radical (unpaired) electrons. The fourth-order valence-corrected chi connectivity index (χ4v) is 2.27. The van der Waals surface area contributed by atoms with E-state index in [-0.39, 0.29) is 6.42 Å². The summed E-state index contributed by atoms with van der Waals surface area (Å²) in [4.78, 5) is 23.6. The van der Waals surface area contributed by atoms with Gasteiger partial charge in [0.15, 0.2) is 5.78 Å². The molecule has 0 aliphatic carbocycles. The summed E-state index contributed by atoms with van der Waals surface area (Å²) in [6, 6.07) is 5.31. The van der Waals surface area contributed by atoms with Crippen LogP contribution in [0, 0.1) is 0 Å². The van der Waals surface area contributed by atoms with Crippen LogP contribution in [0.15, 0.2) is 18.2 Å². The van der Waals surface area contributed by atoms with E-state index in [2.05, 4.69) is 0 Å². The number of Topliss-reactive ketones (excluding diaryl/α,β-unsaturated/α-hetero) is 2. The first kappa shape index (κ1) is 15.5. The van der Waals surface area contributed by atoms with Gasteiger partial charge in [-0.25, -0.2) is 4.39 Å². The molecule has 1 unspecified atom stereocenters. The van der Waals surface area contributed by atoms with E-state index >= 15 is 0 Å². The van der Waals surface area contributed by atoms with Crippen molar-refractivity contribution in [2.75, 3.05) is 0 Å². The second-order valence-corrected chi connectivity index (χ2v) is 4.59. The van der Waals surface area contributed by atoms with Crippen molar-refractivity contribution in [3.05, 3.63) is 34.9 Å². The summed E-state index contributed by atoms with van der Waals surface area (Å²) in [6.45, 7) is 5.73. The van der Waals surface area contributed by atoms with E-state index in [4.69, 9.17) is 0 Å². The summed E-state index contributed by atoms with van der Waals surface area (Å²) in [7, 11) is 0. The lowest BCUT2D eigenvalue weighted by Crippen LogP contribution is -2.26. The van der Waals surface area contributed by atoms with Crippen molar-refractivity contribution in [2.45, 2.75) is 52.6 Å². The Morgan fingerprint density at radius 1 is 1.16 bits per heavy atom. The number of carbonyl (C=O) groups is 2. The molecule has 0 saturated heterocycles. The summed E-state index contributed by atoms with van der Waals surface area (Å²) in [6.07, 6.45) is 0.117. The second-order valence-electron chi connectivity index (χ2n) is 4.59. The Morgan fingerprint density at radius 3 is 2.37 bits per heavy atom. The number of halogens is 1. The quantitative estimate of drug-likeness (QED) is 0.556. The van der Waals surface area contributed by atoms with Crippen molar-refractivity contribution in [2.24, 2.45) is 0 Å². The van der Waals surface area contributed by atoms with Crippen LogP contribution in [0.4, 0.5) is 4.39 Å². The number of benzene rings is 1. The number of carbonyl (C=O) groups excluding carboxylic acids is 2. The molecule has 0 aliphatic rings. The van der Waals surface area contributed by atoms with Gasteiger partial charge in [0.05, 0.1) is 0 Å². The third kappa shape index (κ3) is 3.49. The summed E-state index contributed by atoms with van der Waals surface area (Å²) < 4.78 is 13.9. The van der Waals surface area contributed by atoms with Crippen molar-refractivity contribution in [3.8, 4) is 0 Å². The van der Waals surface area contributed by atoms with Gasteiger partial charge in [-0.15, -0.1) is 0 Å². The van der Waals surface area contributed by atoms with E-state index < -0.39 is 17.7 Å². The smallest absolute Gasteiger partial charge is 0.220 e. The first-order valence-electron chi connectivity index (χ1n) is 6.88. The highest BCUT2D eigenvalue weighted by molar-refractivity contribution is 6.13. The Kier molecular flexibility index (Phi) is 5.87. The highest BCUT2D eigenvalue weighted by Crippen LogP contribution is 2.20. The van der Waals surface area contributed by atoms with Crippen molar-refractivity contribution < 1.29 is 14.0 Å². The second kappa shape index (κ2) is 7.17. The number of rotatable bonds is 7. The Hall–Kier alpha value is -1.51. The lowest BCUT2D eigenvalue weighted by Gasteiger charge is -2.13. The fourth-order valence-electron chi connectivity index (χ4n) is 2.27. The van der Waals surface area contributed by atoms with Gasteiger partial charge in [-0.3, -0.25) is 9.59 Å². The van der Waals surface area contributed by atoms with Crippen LogP contribution in [0.5, 0.6) is 0 Å². The molecule has 1 aromatic rings. The number of ketones is 2. The largest absolute Gasteiger partial charge is 0.296 e. The minimum absolute atomic E-state index is 0.113. The standard InChI is InChI=1S/C16H21FO2/c1-4-8-14(18)15(17)16(19)13-10-7-9-11(5-2)12(13)6-3/h7,9-10,15H,4-6,8H2,1-3H3. The molecular weight excluding hydrogens is 243 g/mol. The lowest BCUT2D eigenvalue weighted by molar-refractivity contribution is -0.122. The van der Waals surface area contributed by atoms with Crippen LogP contribution in [0.2, 0.25) is 0 Å². The maximum atomic E-state index is 13.9. The van der Waals surface area contributed by atoms with Crippen molar-refractivity contribution in [1.29, 1.82) is 0 Å². The molecule has 0 aliphatic heterocycles. The van der Waals surface area contributed by atoms with Gasteiger partial charge in [-0.1, -0.05) is 39.0 Å². The number of hydrogen-bond acceptors (Lipinski definition) is 2. The van der Waals surface area contributed by atoms with Crippen LogP contribution in [0.1, 0.15) is 55.1 Å². The molecule has 104 valence electrons. The molecule has 0 fully saturated rings. The van der Waals surface area contributed by atoms with Crippen LogP contribution in [-0.2, 0) is 17.6 Å². The van der Waals surface area contributed by atoms with Gasteiger partial charge in [0.25, 0.3) is 0 Å².